The summed E-state index contributed by atoms with van der Waals surface area (Å²) in [5.41, 5.74) is 4.03. The standard InChI is InChI=1S/C47H58N4O6/c1-31-42(29-51-40-13-9-8-10-34(40)22-27-41(51)44(53)50-47(2,3)4)56-45(57-43(31)35-18-16-33(30-52)17-19-35)36-20-14-32(15-21-36)28-48-46(54)49-37-23-25-39(26-24-37)55-38-11-6-5-7-12-38/h5-7,11-12,14-21,23-26,31,34,40-43,45,52H,8-10,13,22,27-30H2,1-4H3,(H,50,53)(H2,48,49,54). The number of carbonyl (C=O) groups is 2. The molecule has 3 fully saturated rings. The largest absolute Gasteiger partial charge is 0.457 e. The van der Waals surface area contributed by atoms with E-state index in [2.05, 4.69) is 27.8 Å². The molecule has 4 aromatic carbocycles. The minimum atomic E-state index is -0.637. The van der Waals surface area contributed by atoms with Crippen LogP contribution in [-0.4, -0.2) is 52.2 Å². The van der Waals surface area contributed by atoms with E-state index in [-0.39, 0.29) is 48.3 Å². The number of aliphatic hydroxyl groups excluding tert-OH is 1. The van der Waals surface area contributed by atoms with Gasteiger partial charge in [-0.15, -0.1) is 0 Å². The van der Waals surface area contributed by atoms with Gasteiger partial charge in [-0.2, -0.15) is 0 Å². The van der Waals surface area contributed by atoms with Crippen LogP contribution in [0.5, 0.6) is 11.5 Å². The summed E-state index contributed by atoms with van der Waals surface area (Å²) in [6, 6.07) is 32.6. The van der Waals surface area contributed by atoms with Gasteiger partial charge < -0.3 is 35.3 Å². The van der Waals surface area contributed by atoms with Crippen LogP contribution in [0.2, 0.25) is 0 Å². The third-order valence-electron chi connectivity index (χ3n) is 11.6. The average Bonchev–Trinajstić information content (AvgIpc) is 3.21. The molecule has 0 bridgehead atoms. The number of hydrogen-bond donors (Lipinski definition) is 4. The minimum Gasteiger partial charge on any atom is -0.457 e. The maximum atomic E-state index is 13.9. The molecule has 302 valence electrons. The van der Waals surface area contributed by atoms with E-state index in [4.69, 9.17) is 14.2 Å². The van der Waals surface area contributed by atoms with Gasteiger partial charge in [0.1, 0.15) is 11.5 Å². The first kappa shape index (κ1) is 40.5. The number of benzene rings is 4. The van der Waals surface area contributed by atoms with E-state index in [0.717, 1.165) is 47.3 Å². The monoisotopic (exact) mass is 774 g/mol. The Morgan fingerprint density at radius 3 is 2.16 bits per heavy atom. The van der Waals surface area contributed by atoms with Crippen LogP contribution in [0.4, 0.5) is 10.5 Å². The van der Waals surface area contributed by atoms with Gasteiger partial charge in [-0.3, -0.25) is 9.69 Å². The van der Waals surface area contributed by atoms with Crippen LogP contribution >= 0.6 is 0 Å². The van der Waals surface area contributed by atoms with Crippen molar-refractivity contribution in [2.75, 3.05) is 11.9 Å². The van der Waals surface area contributed by atoms with E-state index in [1.54, 1.807) is 12.1 Å². The van der Waals surface area contributed by atoms with Gasteiger partial charge >= 0.3 is 6.03 Å². The summed E-state index contributed by atoms with van der Waals surface area (Å²) in [6.07, 6.45) is 5.56. The second kappa shape index (κ2) is 18.2. The molecule has 0 spiro atoms. The molecular formula is C47H58N4O6. The lowest BCUT2D eigenvalue weighted by molar-refractivity contribution is -0.278. The van der Waals surface area contributed by atoms with E-state index in [0.29, 0.717) is 36.5 Å². The van der Waals surface area contributed by atoms with Crippen LogP contribution in [0, 0.1) is 11.8 Å². The van der Waals surface area contributed by atoms with Gasteiger partial charge in [0.2, 0.25) is 5.91 Å². The molecule has 7 rings (SSSR count). The lowest BCUT2D eigenvalue weighted by Crippen LogP contribution is -2.61. The van der Waals surface area contributed by atoms with E-state index in [1.165, 1.54) is 19.3 Å². The number of para-hydroxylation sites is 1. The zero-order valence-electron chi connectivity index (χ0n) is 33.7. The van der Waals surface area contributed by atoms with Crippen LogP contribution in [0.1, 0.15) is 101 Å². The van der Waals surface area contributed by atoms with Crippen LogP contribution in [0.15, 0.2) is 103 Å². The molecule has 2 saturated heterocycles. The average molecular weight is 775 g/mol. The molecule has 57 heavy (non-hydrogen) atoms. The quantitative estimate of drug-likeness (QED) is 0.120. The number of amides is 3. The molecule has 3 aliphatic rings. The lowest BCUT2D eigenvalue weighted by Gasteiger charge is -2.51. The molecule has 7 atom stereocenters. The number of fused-ring (bicyclic) bond motifs is 1. The number of carbonyl (C=O) groups excluding carboxylic acids is 2. The molecule has 10 nitrogen and oxygen atoms in total. The number of piperidine rings is 1. The van der Waals surface area contributed by atoms with Gasteiger partial charge in [0.25, 0.3) is 0 Å². The summed E-state index contributed by atoms with van der Waals surface area (Å²) in [6.45, 7) is 9.26. The smallest absolute Gasteiger partial charge is 0.319 e. The molecule has 2 aliphatic heterocycles. The number of anilines is 1. The van der Waals surface area contributed by atoms with Crippen molar-refractivity contribution >= 4 is 17.6 Å². The number of nitrogens with zero attached hydrogens (tertiary/aromatic N) is 1. The Hall–Kier alpha value is -4.74. The van der Waals surface area contributed by atoms with Crippen molar-refractivity contribution < 1.29 is 28.9 Å². The topological polar surface area (TPSA) is 121 Å². The summed E-state index contributed by atoms with van der Waals surface area (Å²) in [5, 5.41) is 18.8. The molecule has 1 saturated carbocycles. The molecule has 0 radical (unpaired) electrons. The fraction of sp³-hybridized carbons (Fsp3) is 0.447. The highest BCUT2D eigenvalue weighted by molar-refractivity contribution is 5.89. The maximum absolute atomic E-state index is 13.9. The van der Waals surface area contributed by atoms with Gasteiger partial charge in [-0.1, -0.05) is 86.5 Å². The van der Waals surface area contributed by atoms with Crippen LogP contribution in [0.25, 0.3) is 0 Å². The van der Waals surface area contributed by atoms with E-state index >= 15 is 0 Å². The predicted molar refractivity (Wildman–Crippen MR) is 222 cm³/mol. The number of rotatable bonds is 11. The molecule has 1 aliphatic carbocycles. The van der Waals surface area contributed by atoms with Crippen molar-refractivity contribution in [3.8, 4) is 11.5 Å². The highest BCUT2D eigenvalue weighted by Crippen LogP contribution is 2.44. The Morgan fingerprint density at radius 1 is 0.789 bits per heavy atom. The Morgan fingerprint density at radius 2 is 1.46 bits per heavy atom. The first-order chi connectivity index (χ1) is 27.5. The van der Waals surface area contributed by atoms with Crippen molar-refractivity contribution in [1.29, 1.82) is 0 Å². The predicted octanol–water partition coefficient (Wildman–Crippen LogP) is 9.02. The van der Waals surface area contributed by atoms with Crippen LogP contribution in [-0.2, 0) is 27.4 Å². The number of hydrogen-bond acceptors (Lipinski definition) is 7. The number of nitrogens with one attached hydrogen (secondary N) is 3. The molecule has 4 aromatic rings. The zero-order chi connectivity index (χ0) is 39.9. The molecular weight excluding hydrogens is 717 g/mol. The number of ether oxygens (including phenoxy) is 3. The van der Waals surface area contributed by atoms with Crippen LogP contribution < -0.4 is 20.7 Å². The second-order valence-electron chi connectivity index (χ2n) is 17.0. The molecule has 2 heterocycles. The van der Waals surface area contributed by atoms with Gasteiger partial charge in [0, 0.05) is 41.8 Å². The van der Waals surface area contributed by atoms with Gasteiger partial charge in [0.05, 0.1) is 24.9 Å². The third-order valence-corrected chi connectivity index (χ3v) is 11.6. The van der Waals surface area contributed by atoms with Crippen molar-refractivity contribution in [3.05, 3.63) is 125 Å². The SMILES string of the molecule is CC1C(CN2C(C(=O)NC(C)(C)C)CCC3CCCCC32)OC(c2ccc(CNC(=O)Nc3ccc(Oc4ccccc4)cc3)cc2)OC1c1ccc(CO)cc1. The maximum Gasteiger partial charge on any atom is 0.319 e. The Kier molecular flexibility index (Phi) is 12.9. The number of urea groups is 1. The first-order valence-electron chi connectivity index (χ1n) is 20.6. The lowest BCUT2D eigenvalue weighted by atomic mass is 9.75. The van der Waals surface area contributed by atoms with Gasteiger partial charge in [0.15, 0.2) is 6.29 Å². The van der Waals surface area contributed by atoms with Gasteiger partial charge in [-0.25, -0.2) is 4.79 Å². The third kappa shape index (κ3) is 10.4. The Balaban J connectivity index is 1.04. The molecule has 4 N–H and O–H groups in total. The fourth-order valence-electron chi connectivity index (χ4n) is 8.64. The zero-order valence-corrected chi connectivity index (χ0v) is 33.7. The highest BCUT2D eigenvalue weighted by Gasteiger charge is 2.46. The molecule has 0 aromatic heterocycles. The van der Waals surface area contributed by atoms with Crippen molar-refractivity contribution in [1.82, 2.24) is 15.5 Å². The Bertz CT molecular complexity index is 1920. The van der Waals surface area contributed by atoms with E-state index in [1.807, 2.05) is 112 Å². The van der Waals surface area contributed by atoms with E-state index < -0.39 is 6.29 Å². The second-order valence-corrected chi connectivity index (χ2v) is 17.0. The molecule has 10 heteroatoms. The Labute approximate surface area is 337 Å². The fourth-order valence-corrected chi connectivity index (χ4v) is 8.64. The minimum absolute atomic E-state index is 0.00824. The first-order valence-corrected chi connectivity index (χ1v) is 20.6. The number of likely N-dealkylation sites (tertiary alicyclic amines) is 1. The summed E-state index contributed by atoms with van der Waals surface area (Å²) >= 11 is 0. The molecule has 7 unspecified atom stereocenters. The molecule has 3 amide bonds. The van der Waals surface area contributed by atoms with Crippen LogP contribution in [0.3, 0.4) is 0 Å². The summed E-state index contributed by atoms with van der Waals surface area (Å²) < 4.78 is 19.6. The van der Waals surface area contributed by atoms with Crippen molar-refractivity contribution in [3.63, 3.8) is 0 Å². The summed E-state index contributed by atoms with van der Waals surface area (Å²) in [7, 11) is 0. The van der Waals surface area contributed by atoms with Crippen molar-refractivity contribution in [2.24, 2.45) is 11.8 Å². The highest BCUT2D eigenvalue weighted by atomic mass is 16.7. The summed E-state index contributed by atoms with van der Waals surface area (Å²) in [4.78, 5) is 29.2. The number of aliphatic hydroxyl groups is 1. The summed E-state index contributed by atoms with van der Waals surface area (Å²) in [5.74, 6) is 2.11. The van der Waals surface area contributed by atoms with Gasteiger partial charge in [-0.05, 0) is 105 Å². The van der Waals surface area contributed by atoms with Crippen molar-refractivity contribution in [2.45, 2.75) is 115 Å². The normalized spacial score (nSPS) is 25.2. The van der Waals surface area contributed by atoms with E-state index in [9.17, 15) is 14.7 Å².